The zero-order chi connectivity index (χ0) is 21.3. The average Bonchev–Trinajstić information content (AvgIpc) is 2.76. The molecule has 4 aromatic rings. The van der Waals surface area contributed by atoms with Gasteiger partial charge in [-0.05, 0) is 62.2 Å². The smallest absolute Gasteiger partial charge is 0.175 e. The van der Waals surface area contributed by atoms with E-state index in [9.17, 15) is 9.18 Å². The summed E-state index contributed by atoms with van der Waals surface area (Å²) in [7, 11) is 0. The highest BCUT2D eigenvalue weighted by Gasteiger charge is 2.20. The van der Waals surface area contributed by atoms with Crippen molar-refractivity contribution in [3.63, 3.8) is 0 Å². The highest BCUT2D eigenvalue weighted by atomic mass is 32.2. The van der Waals surface area contributed by atoms with Crippen molar-refractivity contribution in [1.29, 1.82) is 0 Å². The van der Waals surface area contributed by atoms with Gasteiger partial charge < -0.3 is 0 Å². The Labute approximate surface area is 179 Å². The van der Waals surface area contributed by atoms with Crippen LogP contribution in [0.5, 0.6) is 0 Å². The van der Waals surface area contributed by atoms with E-state index in [1.807, 2.05) is 63.2 Å². The molecule has 0 aliphatic rings. The Hall–Kier alpha value is -3.05. The fourth-order valence-corrected chi connectivity index (χ4v) is 4.31. The van der Waals surface area contributed by atoms with Crippen LogP contribution < -0.4 is 0 Å². The molecule has 4 rings (SSSR count). The zero-order valence-corrected chi connectivity index (χ0v) is 17.8. The van der Waals surface area contributed by atoms with Gasteiger partial charge in [0.05, 0.1) is 5.25 Å². The van der Waals surface area contributed by atoms with Crippen LogP contribution in [0.3, 0.4) is 0 Å². The monoisotopic (exact) mass is 416 g/mol. The highest BCUT2D eigenvalue weighted by molar-refractivity contribution is 8.00. The molecule has 0 amide bonds. The highest BCUT2D eigenvalue weighted by Crippen LogP contribution is 2.34. The Morgan fingerprint density at radius 3 is 2.30 bits per heavy atom. The maximum Gasteiger partial charge on any atom is 0.175 e. The van der Waals surface area contributed by atoms with Gasteiger partial charge >= 0.3 is 0 Å². The quantitative estimate of drug-likeness (QED) is 0.278. The summed E-state index contributed by atoms with van der Waals surface area (Å²) in [6.45, 7) is 5.94. The number of carbonyl (C=O) groups excluding carboxylic acids is 1. The predicted octanol–water partition coefficient (Wildman–Crippen LogP) is 6.42. The molecule has 0 aliphatic heterocycles. The van der Waals surface area contributed by atoms with Crippen LogP contribution in [0.2, 0.25) is 0 Å². The van der Waals surface area contributed by atoms with Crippen LogP contribution >= 0.6 is 11.8 Å². The summed E-state index contributed by atoms with van der Waals surface area (Å²) in [5, 5.41) is 11.1. The van der Waals surface area contributed by atoms with E-state index in [1.54, 1.807) is 12.1 Å². The van der Waals surface area contributed by atoms with Gasteiger partial charge in [-0.25, -0.2) is 4.39 Å². The number of nitrogens with zero attached hydrogens (tertiary/aromatic N) is 2. The zero-order valence-electron chi connectivity index (χ0n) is 17.0. The first-order valence-corrected chi connectivity index (χ1v) is 10.6. The first-order valence-electron chi connectivity index (χ1n) is 9.73. The average molecular weight is 417 g/mol. The van der Waals surface area contributed by atoms with Gasteiger partial charge in [-0.2, -0.15) is 0 Å². The number of halogens is 1. The van der Waals surface area contributed by atoms with E-state index in [4.69, 9.17) is 0 Å². The van der Waals surface area contributed by atoms with Gasteiger partial charge in [0.2, 0.25) is 0 Å². The van der Waals surface area contributed by atoms with Crippen molar-refractivity contribution in [2.75, 3.05) is 0 Å². The molecule has 1 atom stereocenters. The Bertz CT molecular complexity index is 1240. The minimum atomic E-state index is -0.304. The van der Waals surface area contributed by atoms with E-state index in [2.05, 4.69) is 10.2 Å². The number of thioether (sulfide) groups is 1. The van der Waals surface area contributed by atoms with E-state index >= 15 is 0 Å². The van der Waals surface area contributed by atoms with E-state index in [0.717, 1.165) is 21.9 Å². The maximum atomic E-state index is 13.3. The maximum absolute atomic E-state index is 13.3. The number of rotatable bonds is 5. The molecule has 5 heteroatoms. The number of hydrogen-bond donors (Lipinski definition) is 0. The third-order valence-electron chi connectivity index (χ3n) is 5.22. The van der Waals surface area contributed by atoms with Crippen molar-refractivity contribution in [2.24, 2.45) is 0 Å². The molecule has 0 bridgehead atoms. The Morgan fingerprint density at radius 2 is 1.60 bits per heavy atom. The van der Waals surface area contributed by atoms with Crippen LogP contribution in [0.1, 0.15) is 28.4 Å². The van der Waals surface area contributed by atoms with Crippen molar-refractivity contribution in [3.8, 4) is 11.3 Å². The predicted molar refractivity (Wildman–Crippen MR) is 120 cm³/mol. The summed E-state index contributed by atoms with van der Waals surface area (Å²) < 4.78 is 13.3. The number of aromatic nitrogens is 2. The largest absolute Gasteiger partial charge is 0.293 e. The lowest BCUT2D eigenvalue weighted by Crippen LogP contribution is -2.14. The Morgan fingerprint density at radius 1 is 0.900 bits per heavy atom. The fraction of sp³-hybridized carbons (Fsp3) is 0.160. The van der Waals surface area contributed by atoms with E-state index in [0.29, 0.717) is 16.3 Å². The summed E-state index contributed by atoms with van der Waals surface area (Å²) in [6, 6.07) is 19.9. The molecule has 0 saturated heterocycles. The van der Waals surface area contributed by atoms with Crippen molar-refractivity contribution in [3.05, 3.63) is 89.2 Å². The van der Waals surface area contributed by atoms with Gasteiger partial charge in [0.1, 0.15) is 16.5 Å². The van der Waals surface area contributed by atoms with Crippen molar-refractivity contribution < 1.29 is 9.18 Å². The second kappa shape index (κ2) is 8.36. The Kier molecular flexibility index (Phi) is 5.64. The third kappa shape index (κ3) is 3.98. The van der Waals surface area contributed by atoms with Crippen LogP contribution in [0.4, 0.5) is 4.39 Å². The molecule has 0 N–H and O–H groups in total. The number of aryl methyl sites for hydroxylation is 2. The van der Waals surface area contributed by atoms with Crippen LogP contribution in [-0.2, 0) is 0 Å². The van der Waals surface area contributed by atoms with Gasteiger partial charge in [0.25, 0.3) is 0 Å². The molecular formula is C25H21FN2OS. The van der Waals surface area contributed by atoms with Crippen LogP contribution in [0.25, 0.3) is 22.0 Å². The molecule has 150 valence electrons. The number of hydrogen-bond acceptors (Lipinski definition) is 4. The number of benzene rings is 3. The van der Waals surface area contributed by atoms with Gasteiger partial charge in [-0.3, -0.25) is 4.79 Å². The first kappa shape index (κ1) is 20.2. The molecule has 0 fully saturated rings. The Balaban J connectivity index is 1.68. The lowest BCUT2D eigenvalue weighted by molar-refractivity contribution is 0.0994. The lowest BCUT2D eigenvalue weighted by Gasteiger charge is -2.13. The fourth-order valence-electron chi connectivity index (χ4n) is 3.34. The SMILES string of the molecule is Cc1ccc(C(=O)[C@@H](C)Sc2nnc(-c3ccc(F)cc3)c3ccccc23)cc1C. The van der Waals surface area contributed by atoms with E-state index in [1.165, 1.54) is 29.5 Å². The summed E-state index contributed by atoms with van der Waals surface area (Å²) in [5.74, 6) is -0.224. The lowest BCUT2D eigenvalue weighted by atomic mass is 10.0. The molecule has 30 heavy (non-hydrogen) atoms. The number of Topliss-reactive ketones (excluding diaryl/α,β-unsaturated/α-hetero) is 1. The normalized spacial score (nSPS) is 12.1. The van der Waals surface area contributed by atoms with Crippen LogP contribution in [-0.4, -0.2) is 21.2 Å². The number of fused-ring (bicyclic) bond motifs is 1. The molecule has 0 saturated carbocycles. The van der Waals surface area contributed by atoms with Gasteiger partial charge in [0, 0.05) is 21.9 Å². The molecule has 1 aromatic heterocycles. The standard InChI is InChI=1S/C25H21FN2OS/c1-15-8-9-19(14-16(15)2)24(29)17(3)30-25-22-7-5-4-6-21(22)23(27-28-25)18-10-12-20(26)13-11-18/h4-14,17H,1-3H3/t17-/m1/s1. The second-order valence-electron chi connectivity index (χ2n) is 7.33. The van der Waals surface area contributed by atoms with Crippen molar-refractivity contribution in [2.45, 2.75) is 31.0 Å². The minimum Gasteiger partial charge on any atom is -0.293 e. The second-order valence-corrected chi connectivity index (χ2v) is 8.66. The van der Waals surface area contributed by atoms with Gasteiger partial charge in [0.15, 0.2) is 5.78 Å². The molecule has 1 heterocycles. The summed E-state index contributed by atoms with van der Waals surface area (Å²) >= 11 is 1.41. The minimum absolute atomic E-state index is 0.0663. The third-order valence-corrected chi connectivity index (χ3v) is 6.31. The van der Waals surface area contributed by atoms with E-state index < -0.39 is 0 Å². The van der Waals surface area contributed by atoms with Gasteiger partial charge in [-0.1, -0.05) is 48.2 Å². The number of carbonyl (C=O) groups is 1. The van der Waals surface area contributed by atoms with Crippen molar-refractivity contribution in [1.82, 2.24) is 10.2 Å². The van der Waals surface area contributed by atoms with E-state index in [-0.39, 0.29) is 16.9 Å². The molecule has 0 spiro atoms. The summed E-state index contributed by atoms with van der Waals surface area (Å²) in [6.07, 6.45) is 0. The molecule has 0 radical (unpaired) electrons. The summed E-state index contributed by atoms with van der Waals surface area (Å²) in [5.41, 5.74) is 4.48. The summed E-state index contributed by atoms with van der Waals surface area (Å²) in [4.78, 5) is 13.0. The molecular weight excluding hydrogens is 395 g/mol. The topological polar surface area (TPSA) is 42.9 Å². The van der Waals surface area contributed by atoms with Crippen molar-refractivity contribution >= 4 is 28.3 Å². The molecule has 3 aromatic carbocycles. The van der Waals surface area contributed by atoms with Crippen LogP contribution in [0.15, 0.2) is 71.8 Å². The first-order chi connectivity index (χ1) is 14.4. The molecule has 0 unspecified atom stereocenters. The number of ketones is 1. The molecule has 0 aliphatic carbocycles. The molecule has 3 nitrogen and oxygen atoms in total. The van der Waals surface area contributed by atoms with Crippen LogP contribution in [0, 0.1) is 19.7 Å². The van der Waals surface area contributed by atoms with Gasteiger partial charge in [-0.15, -0.1) is 10.2 Å².